The summed E-state index contributed by atoms with van der Waals surface area (Å²) in [6.07, 6.45) is 3.46. The zero-order valence-electron chi connectivity index (χ0n) is 11.2. The Bertz CT molecular complexity index is 505. The highest BCUT2D eigenvalue weighted by molar-refractivity contribution is 6.42. The number of nitro benzene ring substituents is 1. The number of nitrogens with one attached hydrogen (secondary N) is 1. The number of benzene rings is 1. The van der Waals surface area contributed by atoms with Crippen LogP contribution in [-0.2, 0) is 0 Å². The third kappa shape index (κ3) is 3.53. The Morgan fingerprint density at radius 2 is 2.10 bits per heavy atom. The van der Waals surface area contributed by atoms with Crippen LogP contribution < -0.4 is 10.2 Å². The molecule has 0 amide bonds. The molecule has 1 N–H and O–H groups in total. The van der Waals surface area contributed by atoms with Gasteiger partial charge in [-0.25, -0.2) is 0 Å². The first-order valence-corrected chi connectivity index (χ1v) is 7.32. The van der Waals surface area contributed by atoms with E-state index < -0.39 is 4.92 Å². The Balaban J connectivity index is 2.21. The molecule has 1 atom stereocenters. The van der Waals surface area contributed by atoms with Crippen LogP contribution in [0.4, 0.5) is 11.4 Å². The molecule has 110 valence electrons. The normalized spacial score (nSPS) is 18.9. The fourth-order valence-electron chi connectivity index (χ4n) is 2.49. The fraction of sp³-hybridized carbons (Fsp3) is 0.538. The van der Waals surface area contributed by atoms with Crippen molar-refractivity contribution in [2.24, 2.45) is 0 Å². The van der Waals surface area contributed by atoms with Gasteiger partial charge in [0.05, 0.1) is 15.0 Å². The number of hydrogen-bond donors (Lipinski definition) is 1. The molecule has 1 aliphatic heterocycles. The standard InChI is InChI=1S/C13H17Cl2N3O2/c1-17(8-9-4-2-3-5-16-9)12-6-10(14)11(15)7-13(12)18(19)20/h6-7,9,16H,2-5,8H2,1H3. The summed E-state index contributed by atoms with van der Waals surface area (Å²) in [6.45, 7) is 1.71. The smallest absolute Gasteiger partial charge is 0.294 e. The van der Waals surface area contributed by atoms with Crippen molar-refractivity contribution in [1.29, 1.82) is 0 Å². The maximum Gasteiger partial charge on any atom is 0.294 e. The van der Waals surface area contributed by atoms with Crippen LogP contribution in [0.3, 0.4) is 0 Å². The van der Waals surface area contributed by atoms with Crippen molar-refractivity contribution < 1.29 is 4.92 Å². The minimum atomic E-state index is -0.428. The second-order valence-corrected chi connectivity index (χ2v) is 5.85. The summed E-state index contributed by atoms with van der Waals surface area (Å²) in [5.74, 6) is 0. The molecular weight excluding hydrogens is 301 g/mol. The monoisotopic (exact) mass is 317 g/mol. The van der Waals surface area contributed by atoms with Crippen LogP contribution in [0.5, 0.6) is 0 Å². The Hall–Kier alpha value is -1.04. The Morgan fingerprint density at radius 3 is 2.70 bits per heavy atom. The molecule has 7 heteroatoms. The minimum absolute atomic E-state index is 0.0160. The maximum atomic E-state index is 11.1. The number of likely N-dealkylation sites (N-methyl/N-ethyl adjacent to an activating group) is 1. The highest BCUT2D eigenvalue weighted by Crippen LogP contribution is 2.36. The zero-order valence-corrected chi connectivity index (χ0v) is 12.7. The lowest BCUT2D eigenvalue weighted by Crippen LogP contribution is -2.42. The summed E-state index contributed by atoms with van der Waals surface area (Å²) in [5.41, 5.74) is 0.481. The van der Waals surface area contributed by atoms with Gasteiger partial charge in [0.1, 0.15) is 5.69 Å². The largest absolute Gasteiger partial charge is 0.367 e. The summed E-state index contributed by atoms with van der Waals surface area (Å²) in [6, 6.07) is 3.22. The number of rotatable bonds is 4. The molecule has 1 fully saturated rings. The molecular formula is C13H17Cl2N3O2. The summed E-state index contributed by atoms with van der Waals surface area (Å²) in [5, 5.41) is 15.1. The van der Waals surface area contributed by atoms with Gasteiger partial charge >= 0.3 is 0 Å². The molecule has 1 unspecified atom stereocenters. The van der Waals surface area contributed by atoms with Gasteiger partial charge in [0.15, 0.2) is 0 Å². The molecule has 1 aromatic rings. The number of nitrogens with zero attached hydrogens (tertiary/aromatic N) is 2. The average Bonchev–Trinajstić information content (AvgIpc) is 2.42. The molecule has 0 aromatic heterocycles. The highest BCUT2D eigenvalue weighted by Gasteiger charge is 2.22. The highest BCUT2D eigenvalue weighted by atomic mass is 35.5. The molecule has 5 nitrogen and oxygen atoms in total. The predicted octanol–water partition coefficient (Wildman–Crippen LogP) is 3.48. The van der Waals surface area contributed by atoms with Gasteiger partial charge < -0.3 is 10.2 Å². The van der Waals surface area contributed by atoms with Crippen molar-refractivity contribution in [1.82, 2.24) is 5.32 Å². The summed E-state index contributed by atoms with van der Waals surface area (Å²) < 4.78 is 0. The van der Waals surface area contributed by atoms with Crippen LogP contribution in [0.2, 0.25) is 10.0 Å². The van der Waals surface area contributed by atoms with Crippen LogP contribution in [0, 0.1) is 10.1 Å². The lowest BCUT2D eigenvalue weighted by atomic mass is 10.0. The van der Waals surface area contributed by atoms with E-state index in [9.17, 15) is 10.1 Å². The number of hydrogen-bond acceptors (Lipinski definition) is 4. The molecule has 0 radical (unpaired) electrons. The molecule has 0 bridgehead atoms. The van der Waals surface area contributed by atoms with Crippen LogP contribution in [0.25, 0.3) is 0 Å². The quantitative estimate of drug-likeness (QED) is 0.682. The van der Waals surface area contributed by atoms with E-state index in [2.05, 4.69) is 5.32 Å². The average molecular weight is 318 g/mol. The van der Waals surface area contributed by atoms with Gasteiger partial charge in [-0.1, -0.05) is 29.6 Å². The van der Waals surface area contributed by atoms with Gasteiger partial charge in [0.2, 0.25) is 0 Å². The van der Waals surface area contributed by atoms with Crippen LogP contribution in [0.1, 0.15) is 19.3 Å². The van der Waals surface area contributed by atoms with Crippen LogP contribution >= 0.6 is 23.2 Å². The van der Waals surface area contributed by atoms with E-state index in [1.165, 1.54) is 18.9 Å². The first-order valence-electron chi connectivity index (χ1n) is 6.57. The summed E-state index contributed by atoms with van der Waals surface area (Å²) >= 11 is 11.8. The minimum Gasteiger partial charge on any atom is -0.367 e. The van der Waals surface area contributed by atoms with Gasteiger partial charge in [0.25, 0.3) is 5.69 Å². The fourth-order valence-corrected chi connectivity index (χ4v) is 2.80. The van der Waals surface area contributed by atoms with Crippen molar-refractivity contribution in [2.45, 2.75) is 25.3 Å². The molecule has 20 heavy (non-hydrogen) atoms. The summed E-state index contributed by atoms with van der Waals surface area (Å²) in [4.78, 5) is 12.6. The Labute approximate surface area is 128 Å². The maximum absolute atomic E-state index is 11.1. The molecule has 1 heterocycles. The van der Waals surface area contributed by atoms with E-state index in [0.717, 1.165) is 13.0 Å². The number of nitro groups is 1. The van der Waals surface area contributed by atoms with E-state index in [1.54, 1.807) is 6.07 Å². The van der Waals surface area contributed by atoms with E-state index in [-0.39, 0.29) is 10.7 Å². The van der Waals surface area contributed by atoms with Gasteiger partial charge in [0, 0.05) is 25.7 Å². The zero-order chi connectivity index (χ0) is 14.7. The lowest BCUT2D eigenvalue weighted by molar-refractivity contribution is -0.384. The number of halogens is 2. The van der Waals surface area contributed by atoms with Crippen molar-refractivity contribution in [3.05, 3.63) is 32.3 Å². The first-order chi connectivity index (χ1) is 9.49. The molecule has 1 aromatic carbocycles. The van der Waals surface area contributed by atoms with Crippen molar-refractivity contribution in [2.75, 3.05) is 25.0 Å². The molecule has 1 aliphatic rings. The Kier molecular flexibility index (Phi) is 5.07. The molecule has 0 aliphatic carbocycles. The molecule has 1 saturated heterocycles. The third-order valence-corrected chi connectivity index (χ3v) is 4.25. The van der Waals surface area contributed by atoms with E-state index >= 15 is 0 Å². The summed E-state index contributed by atoms with van der Waals surface area (Å²) in [7, 11) is 1.84. The van der Waals surface area contributed by atoms with E-state index in [1.807, 2.05) is 11.9 Å². The van der Waals surface area contributed by atoms with Crippen molar-refractivity contribution in [3.8, 4) is 0 Å². The molecule has 2 rings (SSSR count). The second-order valence-electron chi connectivity index (χ2n) is 5.04. The topological polar surface area (TPSA) is 58.4 Å². The lowest BCUT2D eigenvalue weighted by Gasteiger charge is -2.29. The predicted molar refractivity (Wildman–Crippen MR) is 82.0 cm³/mol. The molecule has 0 spiro atoms. The second kappa shape index (κ2) is 6.61. The van der Waals surface area contributed by atoms with Gasteiger partial charge in [-0.3, -0.25) is 10.1 Å². The van der Waals surface area contributed by atoms with Crippen LogP contribution in [-0.4, -0.2) is 31.1 Å². The first kappa shape index (κ1) is 15.4. The Morgan fingerprint density at radius 1 is 1.40 bits per heavy atom. The van der Waals surface area contributed by atoms with Gasteiger partial charge in [-0.15, -0.1) is 0 Å². The van der Waals surface area contributed by atoms with E-state index in [4.69, 9.17) is 23.2 Å². The van der Waals surface area contributed by atoms with E-state index in [0.29, 0.717) is 23.3 Å². The molecule has 0 saturated carbocycles. The number of piperidine rings is 1. The van der Waals surface area contributed by atoms with Gasteiger partial charge in [-0.05, 0) is 25.5 Å². The SMILES string of the molecule is CN(CC1CCCCN1)c1cc(Cl)c(Cl)cc1[N+](=O)[O-]. The van der Waals surface area contributed by atoms with Crippen molar-refractivity contribution >= 4 is 34.6 Å². The third-order valence-electron chi connectivity index (χ3n) is 3.53. The number of anilines is 1. The van der Waals surface area contributed by atoms with Gasteiger partial charge in [-0.2, -0.15) is 0 Å². The van der Waals surface area contributed by atoms with Crippen LogP contribution in [0.15, 0.2) is 12.1 Å². The van der Waals surface area contributed by atoms with Crippen molar-refractivity contribution in [3.63, 3.8) is 0 Å².